The minimum absolute atomic E-state index is 0.148. The fraction of sp³-hybridized carbons (Fsp3) is 0.571. The van der Waals surface area contributed by atoms with Crippen molar-refractivity contribution >= 4 is 5.97 Å². The molecule has 0 saturated carbocycles. The smallest absolute Gasteiger partial charge is 0.303 e. The fourth-order valence-corrected chi connectivity index (χ4v) is 0.557. The highest BCUT2D eigenvalue weighted by Crippen LogP contribution is 1.97. The molecule has 0 saturated heterocycles. The van der Waals surface area contributed by atoms with Gasteiger partial charge in [0.2, 0.25) is 0 Å². The largest absolute Gasteiger partial charge is 0.481 e. The topological polar surface area (TPSA) is 63.3 Å². The molecule has 1 unspecified atom stereocenters. The minimum Gasteiger partial charge on any atom is -0.481 e. The molecule has 10 heavy (non-hydrogen) atoms. The van der Waals surface area contributed by atoms with Crippen molar-refractivity contribution < 1.29 is 9.90 Å². The Morgan fingerprint density at radius 3 is 2.80 bits per heavy atom. The van der Waals surface area contributed by atoms with Gasteiger partial charge in [0, 0.05) is 6.42 Å². The zero-order valence-corrected chi connectivity index (χ0v) is 5.71. The Hall–Kier alpha value is -1.01. The van der Waals surface area contributed by atoms with Crippen molar-refractivity contribution in [2.45, 2.75) is 25.3 Å². The molecule has 0 aromatic rings. The predicted octanol–water partition coefficient (Wildman–Crippen LogP) is 0.202. The first-order valence-electron chi connectivity index (χ1n) is 3.10. The Morgan fingerprint density at radius 1 is 1.80 bits per heavy atom. The van der Waals surface area contributed by atoms with E-state index in [9.17, 15) is 4.79 Å². The predicted molar refractivity (Wildman–Crippen MR) is 38.3 cm³/mol. The van der Waals surface area contributed by atoms with Crippen molar-refractivity contribution in [3.8, 4) is 12.3 Å². The highest BCUT2D eigenvalue weighted by Gasteiger charge is 1.99. The molecular weight excluding hydrogens is 130 g/mol. The van der Waals surface area contributed by atoms with Crippen LogP contribution in [0.3, 0.4) is 0 Å². The van der Waals surface area contributed by atoms with Crippen LogP contribution in [0.15, 0.2) is 0 Å². The SMILES string of the molecule is C#CC(N)CCCC(=O)O. The number of nitrogens with two attached hydrogens (primary N) is 1. The van der Waals surface area contributed by atoms with Gasteiger partial charge in [-0.05, 0) is 12.8 Å². The Morgan fingerprint density at radius 2 is 2.40 bits per heavy atom. The Bertz CT molecular complexity index is 148. The number of hydrogen-bond acceptors (Lipinski definition) is 2. The molecule has 0 aromatic heterocycles. The van der Waals surface area contributed by atoms with E-state index in [1.807, 2.05) is 0 Å². The van der Waals surface area contributed by atoms with E-state index < -0.39 is 5.97 Å². The molecule has 0 radical (unpaired) electrons. The summed E-state index contributed by atoms with van der Waals surface area (Å²) in [4.78, 5) is 9.98. The number of rotatable bonds is 4. The van der Waals surface area contributed by atoms with Crippen molar-refractivity contribution in [3.63, 3.8) is 0 Å². The lowest BCUT2D eigenvalue weighted by molar-refractivity contribution is -0.137. The minimum atomic E-state index is -0.802. The van der Waals surface area contributed by atoms with E-state index in [1.54, 1.807) is 0 Å². The molecule has 0 rings (SSSR count). The Labute approximate surface area is 60.2 Å². The molecule has 0 aliphatic carbocycles. The van der Waals surface area contributed by atoms with E-state index in [1.165, 1.54) is 0 Å². The number of carboxylic acid groups (broad SMARTS) is 1. The van der Waals surface area contributed by atoms with Gasteiger partial charge in [0.15, 0.2) is 0 Å². The van der Waals surface area contributed by atoms with Crippen LogP contribution in [0.25, 0.3) is 0 Å². The zero-order valence-electron chi connectivity index (χ0n) is 5.71. The van der Waals surface area contributed by atoms with Crippen LogP contribution in [0.2, 0.25) is 0 Å². The average Bonchev–Trinajstić information content (AvgIpc) is 1.87. The molecule has 0 spiro atoms. The van der Waals surface area contributed by atoms with Gasteiger partial charge in [0.1, 0.15) is 0 Å². The molecule has 3 N–H and O–H groups in total. The van der Waals surface area contributed by atoms with Gasteiger partial charge in [-0.3, -0.25) is 4.79 Å². The van der Waals surface area contributed by atoms with Gasteiger partial charge in [-0.15, -0.1) is 6.42 Å². The molecule has 0 fully saturated rings. The molecule has 56 valence electrons. The molecule has 0 amide bonds. The van der Waals surface area contributed by atoms with Crippen LogP contribution in [0.4, 0.5) is 0 Å². The molecular formula is C7H11NO2. The summed E-state index contributed by atoms with van der Waals surface area (Å²) >= 11 is 0. The first kappa shape index (κ1) is 8.99. The first-order chi connectivity index (χ1) is 4.66. The normalized spacial score (nSPS) is 12.0. The summed E-state index contributed by atoms with van der Waals surface area (Å²) in [5.74, 6) is 1.52. The second kappa shape index (κ2) is 4.83. The second-order valence-electron chi connectivity index (χ2n) is 2.06. The average molecular weight is 141 g/mol. The van der Waals surface area contributed by atoms with Gasteiger partial charge in [0.05, 0.1) is 6.04 Å². The zero-order chi connectivity index (χ0) is 7.98. The maximum atomic E-state index is 9.98. The Kier molecular flexibility index (Phi) is 4.34. The van der Waals surface area contributed by atoms with E-state index in [0.29, 0.717) is 12.8 Å². The van der Waals surface area contributed by atoms with Crippen LogP contribution in [0, 0.1) is 12.3 Å². The highest BCUT2D eigenvalue weighted by molar-refractivity contribution is 5.66. The van der Waals surface area contributed by atoms with Gasteiger partial charge >= 0.3 is 5.97 Å². The van der Waals surface area contributed by atoms with Crippen LogP contribution < -0.4 is 5.73 Å². The summed E-state index contributed by atoms with van der Waals surface area (Å²) in [5, 5.41) is 8.21. The van der Waals surface area contributed by atoms with Crippen molar-refractivity contribution in [1.29, 1.82) is 0 Å². The van der Waals surface area contributed by atoms with Crippen LogP contribution in [-0.4, -0.2) is 17.1 Å². The van der Waals surface area contributed by atoms with Crippen molar-refractivity contribution in [1.82, 2.24) is 0 Å². The highest BCUT2D eigenvalue weighted by atomic mass is 16.4. The molecule has 0 aliphatic heterocycles. The standard InChI is InChI=1S/C7H11NO2/c1-2-6(8)4-3-5-7(9)10/h1,6H,3-5,8H2,(H,9,10). The first-order valence-corrected chi connectivity index (χ1v) is 3.10. The third kappa shape index (κ3) is 5.13. The lowest BCUT2D eigenvalue weighted by Gasteiger charge is -1.99. The number of carboxylic acids is 1. The van der Waals surface area contributed by atoms with Crippen LogP contribution >= 0.6 is 0 Å². The van der Waals surface area contributed by atoms with E-state index in [-0.39, 0.29) is 12.5 Å². The van der Waals surface area contributed by atoms with E-state index in [2.05, 4.69) is 5.92 Å². The second-order valence-corrected chi connectivity index (χ2v) is 2.06. The van der Waals surface area contributed by atoms with Crippen molar-refractivity contribution in [2.75, 3.05) is 0 Å². The van der Waals surface area contributed by atoms with Crippen LogP contribution in [0.5, 0.6) is 0 Å². The fourth-order valence-electron chi connectivity index (χ4n) is 0.557. The quantitative estimate of drug-likeness (QED) is 0.550. The van der Waals surface area contributed by atoms with Gasteiger partial charge in [-0.2, -0.15) is 0 Å². The van der Waals surface area contributed by atoms with E-state index >= 15 is 0 Å². The molecule has 3 heteroatoms. The lowest BCUT2D eigenvalue weighted by Crippen LogP contribution is -2.17. The third-order valence-corrected chi connectivity index (χ3v) is 1.12. The van der Waals surface area contributed by atoms with Gasteiger partial charge in [0.25, 0.3) is 0 Å². The van der Waals surface area contributed by atoms with Crippen LogP contribution in [-0.2, 0) is 4.79 Å². The lowest BCUT2D eigenvalue weighted by atomic mass is 10.1. The maximum absolute atomic E-state index is 9.98. The van der Waals surface area contributed by atoms with Gasteiger partial charge in [-0.1, -0.05) is 5.92 Å². The molecule has 0 aromatic carbocycles. The van der Waals surface area contributed by atoms with Crippen molar-refractivity contribution in [3.05, 3.63) is 0 Å². The molecule has 0 bridgehead atoms. The third-order valence-electron chi connectivity index (χ3n) is 1.12. The molecule has 0 heterocycles. The monoisotopic (exact) mass is 141 g/mol. The summed E-state index contributed by atoms with van der Waals surface area (Å²) in [6.45, 7) is 0. The summed E-state index contributed by atoms with van der Waals surface area (Å²) < 4.78 is 0. The van der Waals surface area contributed by atoms with Crippen molar-refractivity contribution in [2.24, 2.45) is 5.73 Å². The van der Waals surface area contributed by atoms with Crippen LogP contribution in [0.1, 0.15) is 19.3 Å². The molecule has 0 aliphatic rings. The number of terminal acetylenes is 1. The summed E-state index contributed by atoms with van der Waals surface area (Å²) in [6.07, 6.45) is 6.26. The number of carbonyl (C=O) groups is 1. The van der Waals surface area contributed by atoms with E-state index in [4.69, 9.17) is 17.3 Å². The number of aliphatic carboxylic acids is 1. The van der Waals surface area contributed by atoms with Gasteiger partial charge < -0.3 is 10.8 Å². The summed E-state index contributed by atoms with van der Waals surface area (Å²) in [6, 6.07) is -0.292. The molecule has 1 atom stereocenters. The van der Waals surface area contributed by atoms with Gasteiger partial charge in [-0.25, -0.2) is 0 Å². The summed E-state index contributed by atoms with van der Waals surface area (Å²) in [5.41, 5.74) is 5.33. The number of hydrogen-bond donors (Lipinski definition) is 2. The van der Waals surface area contributed by atoms with E-state index in [0.717, 1.165) is 0 Å². The maximum Gasteiger partial charge on any atom is 0.303 e. The Balaban J connectivity index is 3.22. The summed E-state index contributed by atoms with van der Waals surface area (Å²) in [7, 11) is 0. The molecule has 3 nitrogen and oxygen atoms in total.